The molecule has 0 bridgehead atoms. The SMILES string of the molecule is CC1CC(C)(C)N(C)c2cc(F)c(C=NO)cc21. The van der Waals surface area contributed by atoms with Crippen molar-refractivity contribution in [3.8, 4) is 0 Å². The summed E-state index contributed by atoms with van der Waals surface area (Å²) < 4.78 is 13.9. The monoisotopic (exact) mass is 250 g/mol. The lowest BCUT2D eigenvalue weighted by molar-refractivity contribution is 0.321. The quantitative estimate of drug-likeness (QED) is 0.471. The van der Waals surface area contributed by atoms with E-state index in [1.54, 1.807) is 6.07 Å². The van der Waals surface area contributed by atoms with Crippen LogP contribution in [0.1, 0.15) is 44.2 Å². The first-order valence-corrected chi connectivity index (χ1v) is 6.11. The largest absolute Gasteiger partial charge is 0.411 e. The van der Waals surface area contributed by atoms with Crippen molar-refractivity contribution in [3.05, 3.63) is 29.1 Å². The average molecular weight is 250 g/mol. The van der Waals surface area contributed by atoms with Gasteiger partial charge in [0.25, 0.3) is 0 Å². The Balaban J connectivity index is 2.58. The van der Waals surface area contributed by atoms with Crippen LogP contribution in [0.4, 0.5) is 10.1 Å². The Morgan fingerprint density at radius 3 is 2.78 bits per heavy atom. The molecule has 1 aromatic rings. The maximum Gasteiger partial charge on any atom is 0.134 e. The topological polar surface area (TPSA) is 35.8 Å². The molecule has 1 unspecified atom stereocenters. The van der Waals surface area contributed by atoms with Crippen LogP contribution >= 0.6 is 0 Å². The third-order valence-electron chi connectivity index (χ3n) is 3.95. The van der Waals surface area contributed by atoms with Gasteiger partial charge in [0, 0.05) is 23.8 Å². The fraction of sp³-hybridized carbons (Fsp3) is 0.500. The molecule has 0 saturated heterocycles. The molecule has 1 atom stereocenters. The molecule has 3 nitrogen and oxygen atoms in total. The maximum atomic E-state index is 13.9. The number of rotatable bonds is 1. The molecule has 0 spiro atoms. The zero-order chi connectivity index (χ0) is 13.5. The molecule has 2 rings (SSSR count). The lowest BCUT2D eigenvalue weighted by Crippen LogP contribution is -2.45. The van der Waals surface area contributed by atoms with Crippen LogP contribution in [0.25, 0.3) is 0 Å². The molecule has 1 N–H and O–H groups in total. The van der Waals surface area contributed by atoms with Crippen LogP contribution in [0, 0.1) is 5.82 Å². The summed E-state index contributed by atoms with van der Waals surface area (Å²) in [6, 6.07) is 3.31. The van der Waals surface area contributed by atoms with Gasteiger partial charge < -0.3 is 10.1 Å². The maximum absolute atomic E-state index is 13.9. The number of halogens is 1. The highest BCUT2D eigenvalue weighted by Gasteiger charge is 2.34. The second-order valence-corrected chi connectivity index (χ2v) is 5.65. The van der Waals surface area contributed by atoms with Gasteiger partial charge in [0.15, 0.2) is 0 Å². The molecule has 18 heavy (non-hydrogen) atoms. The summed E-state index contributed by atoms with van der Waals surface area (Å²) in [4.78, 5) is 2.12. The highest BCUT2D eigenvalue weighted by atomic mass is 19.1. The van der Waals surface area contributed by atoms with Gasteiger partial charge in [0.1, 0.15) is 5.82 Å². The third-order valence-corrected chi connectivity index (χ3v) is 3.95. The van der Waals surface area contributed by atoms with Crippen molar-refractivity contribution in [2.45, 2.75) is 38.6 Å². The van der Waals surface area contributed by atoms with Gasteiger partial charge in [-0.3, -0.25) is 0 Å². The number of anilines is 1. The average Bonchev–Trinajstić information content (AvgIpc) is 2.28. The van der Waals surface area contributed by atoms with Crippen LogP contribution in [-0.4, -0.2) is 24.0 Å². The molecule has 0 amide bonds. The van der Waals surface area contributed by atoms with Crippen molar-refractivity contribution in [1.29, 1.82) is 0 Å². The number of oxime groups is 1. The first kappa shape index (κ1) is 12.9. The minimum atomic E-state index is -0.358. The van der Waals surface area contributed by atoms with Gasteiger partial charge in [-0.05, 0) is 43.9 Å². The summed E-state index contributed by atoms with van der Waals surface area (Å²) in [7, 11) is 1.99. The van der Waals surface area contributed by atoms with Crippen LogP contribution < -0.4 is 4.90 Å². The van der Waals surface area contributed by atoms with Gasteiger partial charge in [-0.2, -0.15) is 0 Å². The summed E-state index contributed by atoms with van der Waals surface area (Å²) in [5.74, 6) is 0.000873. The minimum absolute atomic E-state index is 0.0193. The minimum Gasteiger partial charge on any atom is -0.411 e. The van der Waals surface area contributed by atoms with E-state index in [2.05, 4.69) is 30.8 Å². The Morgan fingerprint density at radius 1 is 1.50 bits per heavy atom. The van der Waals surface area contributed by atoms with E-state index in [1.807, 2.05) is 7.05 Å². The van der Waals surface area contributed by atoms with E-state index in [0.29, 0.717) is 11.5 Å². The van der Waals surface area contributed by atoms with Crippen molar-refractivity contribution in [2.24, 2.45) is 5.16 Å². The predicted octanol–water partition coefficient (Wildman–Crippen LogP) is 3.36. The Kier molecular flexibility index (Phi) is 3.05. The summed E-state index contributed by atoms with van der Waals surface area (Å²) in [5, 5.41) is 11.5. The summed E-state index contributed by atoms with van der Waals surface area (Å²) in [6.07, 6.45) is 2.15. The highest BCUT2D eigenvalue weighted by Crippen LogP contribution is 2.42. The van der Waals surface area contributed by atoms with Crippen LogP contribution in [-0.2, 0) is 0 Å². The molecule has 0 aliphatic carbocycles. The van der Waals surface area contributed by atoms with Gasteiger partial charge in [-0.1, -0.05) is 12.1 Å². The zero-order valence-corrected chi connectivity index (χ0v) is 11.2. The zero-order valence-electron chi connectivity index (χ0n) is 11.2. The molecule has 1 aromatic carbocycles. The molecule has 1 aliphatic rings. The summed E-state index contributed by atoms with van der Waals surface area (Å²) in [5.41, 5.74) is 2.38. The van der Waals surface area contributed by atoms with Crippen molar-refractivity contribution < 1.29 is 9.60 Å². The van der Waals surface area contributed by atoms with Gasteiger partial charge >= 0.3 is 0 Å². The lowest BCUT2D eigenvalue weighted by atomic mass is 9.80. The van der Waals surface area contributed by atoms with E-state index in [4.69, 9.17) is 5.21 Å². The van der Waals surface area contributed by atoms with Crippen molar-refractivity contribution in [3.63, 3.8) is 0 Å². The smallest absolute Gasteiger partial charge is 0.134 e. The Hall–Kier alpha value is -1.58. The van der Waals surface area contributed by atoms with Crippen LogP contribution in [0.5, 0.6) is 0 Å². The molecule has 1 aliphatic heterocycles. The van der Waals surface area contributed by atoms with E-state index >= 15 is 0 Å². The van der Waals surface area contributed by atoms with E-state index in [9.17, 15) is 4.39 Å². The van der Waals surface area contributed by atoms with Crippen molar-refractivity contribution >= 4 is 11.9 Å². The normalized spacial score (nSPS) is 22.3. The lowest BCUT2D eigenvalue weighted by Gasteiger charge is -2.45. The second kappa shape index (κ2) is 4.26. The number of hydrogen-bond acceptors (Lipinski definition) is 3. The van der Waals surface area contributed by atoms with Gasteiger partial charge in [0.2, 0.25) is 0 Å². The highest BCUT2D eigenvalue weighted by molar-refractivity contribution is 5.81. The molecule has 0 saturated carbocycles. The first-order chi connectivity index (χ1) is 8.36. The molecule has 0 fully saturated rings. The van der Waals surface area contributed by atoms with Crippen molar-refractivity contribution in [1.82, 2.24) is 0 Å². The van der Waals surface area contributed by atoms with Crippen LogP contribution in [0.15, 0.2) is 17.3 Å². The third kappa shape index (κ3) is 1.96. The molecule has 0 radical (unpaired) electrons. The number of benzene rings is 1. The molecule has 4 heteroatoms. The van der Waals surface area contributed by atoms with E-state index in [-0.39, 0.29) is 11.4 Å². The molecule has 0 aromatic heterocycles. The van der Waals surface area contributed by atoms with Crippen LogP contribution in [0.2, 0.25) is 0 Å². The second-order valence-electron chi connectivity index (χ2n) is 5.65. The van der Waals surface area contributed by atoms with Gasteiger partial charge in [-0.15, -0.1) is 0 Å². The fourth-order valence-electron chi connectivity index (χ4n) is 2.77. The van der Waals surface area contributed by atoms with Crippen LogP contribution in [0.3, 0.4) is 0 Å². The van der Waals surface area contributed by atoms with E-state index in [1.165, 1.54) is 6.07 Å². The molecule has 98 valence electrons. The Morgan fingerprint density at radius 2 is 2.17 bits per heavy atom. The molecular weight excluding hydrogens is 231 g/mol. The number of fused-ring (bicyclic) bond motifs is 1. The first-order valence-electron chi connectivity index (χ1n) is 6.11. The summed E-state index contributed by atoms with van der Waals surface area (Å²) >= 11 is 0. The summed E-state index contributed by atoms with van der Waals surface area (Å²) in [6.45, 7) is 6.46. The number of nitrogens with zero attached hydrogens (tertiary/aromatic N) is 2. The standard InChI is InChI=1S/C14H19FN2O/c1-9-7-14(2,3)17(4)13-6-12(15)10(8-16-18)5-11(9)13/h5-6,8-9,18H,7H2,1-4H3. The molecule has 1 heterocycles. The molecular formula is C14H19FN2O. The van der Waals surface area contributed by atoms with Crippen molar-refractivity contribution in [2.75, 3.05) is 11.9 Å². The van der Waals surface area contributed by atoms with Gasteiger partial charge in [0.05, 0.1) is 6.21 Å². The fourth-order valence-corrected chi connectivity index (χ4v) is 2.77. The number of hydrogen-bond donors (Lipinski definition) is 1. The Bertz CT molecular complexity index is 497. The van der Waals surface area contributed by atoms with Gasteiger partial charge in [-0.25, -0.2) is 4.39 Å². The Labute approximate surface area is 107 Å². The van der Waals surface area contributed by atoms with E-state index in [0.717, 1.165) is 23.9 Å². The predicted molar refractivity (Wildman–Crippen MR) is 71.3 cm³/mol. The van der Waals surface area contributed by atoms with E-state index < -0.39 is 0 Å².